The lowest BCUT2D eigenvalue weighted by Gasteiger charge is -2.30. The van der Waals surface area contributed by atoms with Crippen LogP contribution in [0.5, 0.6) is 0 Å². The molecule has 2 rings (SSSR count). The Kier molecular flexibility index (Phi) is 5.38. The molecule has 0 amide bonds. The molecule has 1 fully saturated rings. The maximum Gasteiger partial charge on any atom is 0.290 e. The number of halogens is 1. The molecule has 1 N–H and O–H groups in total. The van der Waals surface area contributed by atoms with Crippen molar-refractivity contribution in [3.8, 4) is 0 Å². The molecule has 1 heterocycles. The van der Waals surface area contributed by atoms with Crippen LogP contribution < -0.4 is 5.32 Å². The molecule has 1 aromatic rings. The third-order valence-corrected chi connectivity index (χ3v) is 5.98. The molecule has 0 saturated carbocycles. The van der Waals surface area contributed by atoms with Crippen LogP contribution in [0.15, 0.2) is 23.1 Å². The maximum absolute atomic E-state index is 12.7. The van der Waals surface area contributed by atoms with Gasteiger partial charge >= 0.3 is 0 Å². The van der Waals surface area contributed by atoms with Crippen molar-refractivity contribution in [2.24, 2.45) is 5.92 Å². The van der Waals surface area contributed by atoms with Crippen molar-refractivity contribution in [2.75, 3.05) is 26.7 Å². The Balaban J connectivity index is 2.27. The Hall–Kier alpha value is -1.22. The van der Waals surface area contributed by atoms with Crippen LogP contribution in [0, 0.1) is 16.0 Å². The van der Waals surface area contributed by atoms with E-state index in [0.717, 1.165) is 25.5 Å². The number of benzene rings is 1. The van der Waals surface area contributed by atoms with Gasteiger partial charge in [-0.1, -0.05) is 11.6 Å². The zero-order valence-corrected chi connectivity index (χ0v) is 13.7. The normalized spacial score (nSPS) is 17.5. The van der Waals surface area contributed by atoms with E-state index in [4.69, 9.17) is 11.6 Å². The monoisotopic (exact) mass is 347 g/mol. The molecular weight excluding hydrogens is 330 g/mol. The van der Waals surface area contributed by atoms with E-state index in [9.17, 15) is 18.5 Å². The van der Waals surface area contributed by atoms with Crippen LogP contribution in [0.1, 0.15) is 12.8 Å². The van der Waals surface area contributed by atoms with Crippen LogP contribution in [0.4, 0.5) is 5.69 Å². The number of hydrogen-bond acceptors (Lipinski definition) is 5. The van der Waals surface area contributed by atoms with Crippen molar-refractivity contribution in [1.29, 1.82) is 0 Å². The number of hydrogen-bond donors (Lipinski definition) is 1. The van der Waals surface area contributed by atoms with E-state index in [1.807, 2.05) is 7.05 Å². The van der Waals surface area contributed by atoms with Gasteiger partial charge in [-0.05, 0) is 44.5 Å². The standard InChI is InChI=1S/C13H18ClN3O4S/c1-15-9-10-4-6-16(7-5-10)22(20,21)13-3-2-11(14)8-12(13)17(18)19/h2-3,8,10,15H,4-7,9H2,1H3. The highest BCUT2D eigenvalue weighted by molar-refractivity contribution is 7.89. The van der Waals surface area contributed by atoms with Crippen LogP contribution in [-0.4, -0.2) is 44.3 Å². The summed E-state index contributed by atoms with van der Waals surface area (Å²) in [4.78, 5) is 10.1. The molecule has 1 aliphatic heterocycles. The number of sulfonamides is 1. The van der Waals surface area contributed by atoms with Gasteiger partial charge in [-0.3, -0.25) is 10.1 Å². The molecule has 0 radical (unpaired) electrons. The third-order valence-electron chi connectivity index (χ3n) is 3.80. The van der Waals surface area contributed by atoms with E-state index in [0.29, 0.717) is 19.0 Å². The Bertz CT molecular complexity index is 657. The number of nitro groups is 1. The predicted molar refractivity (Wildman–Crippen MR) is 83.5 cm³/mol. The minimum atomic E-state index is -3.88. The zero-order chi connectivity index (χ0) is 16.3. The minimum absolute atomic E-state index is 0.137. The number of nitrogens with zero attached hydrogens (tertiary/aromatic N) is 2. The van der Waals surface area contributed by atoms with Crippen molar-refractivity contribution in [3.63, 3.8) is 0 Å². The number of piperidine rings is 1. The topological polar surface area (TPSA) is 92.6 Å². The third kappa shape index (κ3) is 3.57. The maximum atomic E-state index is 12.7. The Morgan fingerprint density at radius 2 is 2.05 bits per heavy atom. The molecule has 0 aliphatic carbocycles. The molecule has 1 aromatic carbocycles. The summed E-state index contributed by atoms with van der Waals surface area (Å²) in [5.74, 6) is 0.427. The molecule has 0 bridgehead atoms. The first-order valence-corrected chi connectivity index (χ1v) is 8.76. The van der Waals surface area contributed by atoms with Gasteiger partial charge in [0, 0.05) is 24.2 Å². The molecule has 1 aliphatic rings. The summed E-state index contributed by atoms with van der Waals surface area (Å²) in [7, 11) is -2.02. The predicted octanol–water partition coefficient (Wildman–Crippen LogP) is 1.87. The van der Waals surface area contributed by atoms with Crippen LogP contribution in [0.25, 0.3) is 0 Å². The second-order valence-corrected chi connectivity index (χ2v) is 7.62. The summed E-state index contributed by atoms with van der Waals surface area (Å²) in [5, 5.41) is 14.3. The van der Waals surface area contributed by atoms with E-state index in [2.05, 4.69) is 5.32 Å². The van der Waals surface area contributed by atoms with Crippen LogP contribution in [0.3, 0.4) is 0 Å². The lowest BCUT2D eigenvalue weighted by Crippen LogP contribution is -2.40. The van der Waals surface area contributed by atoms with Gasteiger partial charge in [0.1, 0.15) is 0 Å². The van der Waals surface area contributed by atoms with E-state index < -0.39 is 20.6 Å². The Labute approximate surface area is 134 Å². The van der Waals surface area contributed by atoms with Gasteiger partial charge in [-0.15, -0.1) is 0 Å². The van der Waals surface area contributed by atoms with Gasteiger partial charge in [0.15, 0.2) is 4.90 Å². The molecule has 1 saturated heterocycles. The summed E-state index contributed by atoms with van der Waals surface area (Å²) in [6.45, 7) is 1.58. The van der Waals surface area contributed by atoms with Gasteiger partial charge < -0.3 is 5.32 Å². The van der Waals surface area contributed by atoms with Gasteiger partial charge in [0.25, 0.3) is 5.69 Å². The van der Waals surface area contributed by atoms with E-state index >= 15 is 0 Å². The van der Waals surface area contributed by atoms with Gasteiger partial charge in [-0.2, -0.15) is 4.31 Å². The highest BCUT2D eigenvalue weighted by Crippen LogP contribution is 2.31. The largest absolute Gasteiger partial charge is 0.319 e. The number of nitrogens with one attached hydrogen (secondary N) is 1. The van der Waals surface area contributed by atoms with Gasteiger partial charge in [0.2, 0.25) is 10.0 Å². The SMILES string of the molecule is CNCC1CCN(S(=O)(=O)c2ccc(Cl)cc2[N+](=O)[O-])CC1. The van der Waals surface area contributed by atoms with Gasteiger partial charge in [0.05, 0.1) is 4.92 Å². The average molecular weight is 348 g/mol. The lowest BCUT2D eigenvalue weighted by atomic mass is 9.98. The summed E-state index contributed by atoms with van der Waals surface area (Å²) in [6, 6.07) is 3.63. The van der Waals surface area contributed by atoms with Crippen LogP contribution in [-0.2, 0) is 10.0 Å². The molecular formula is C13H18ClN3O4S. The molecule has 7 nitrogen and oxygen atoms in total. The summed E-state index contributed by atoms with van der Waals surface area (Å²) >= 11 is 5.73. The molecule has 0 spiro atoms. The lowest BCUT2D eigenvalue weighted by molar-refractivity contribution is -0.387. The molecule has 0 unspecified atom stereocenters. The van der Waals surface area contributed by atoms with E-state index in [1.165, 1.54) is 16.4 Å². The summed E-state index contributed by atoms with van der Waals surface area (Å²) < 4.78 is 26.6. The van der Waals surface area contributed by atoms with Crippen LogP contribution in [0.2, 0.25) is 5.02 Å². The fourth-order valence-electron chi connectivity index (χ4n) is 2.63. The van der Waals surface area contributed by atoms with Crippen molar-refractivity contribution < 1.29 is 13.3 Å². The first kappa shape index (κ1) is 17.1. The highest BCUT2D eigenvalue weighted by atomic mass is 35.5. The zero-order valence-electron chi connectivity index (χ0n) is 12.2. The van der Waals surface area contributed by atoms with Crippen molar-refractivity contribution in [2.45, 2.75) is 17.7 Å². The van der Waals surface area contributed by atoms with Crippen molar-refractivity contribution in [3.05, 3.63) is 33.3 Å². The number of nitro benzene ring substituents is 1. The van der Waals surface area contributed by atoms with E-state index in [1.54, 1.807) is 0 Å². The molecule has 0 aromatic heterocycles. The van der Waals surface area contributed by atoms with Crippen molar-refractivity contribution >= 4 is 27.3 Å². The highest BCUT2D eigenvalue weighted by Gasteiger charge is 2.34. The molecule has 9 heteroatoms. The molecule has 0 atom stereocenters. The first-order chi connectivity index (χ1) is 10.4. The number of rotatable bonds is 5. The average Bonchev–Trinajstić information content (AvgIpc) is 2.47. The van der Waals surface area contributed by atoms with E-state index in [-0.39, 0.29) is 9.92 Å². The Morgan fingerprint density at radius 1 is 1.41 bits per heavy atom. The Morgan fingerprint density at radius 3 is 2.59 bits per heavy atom. The van der Waals surface area contributed by atoms with Gasteiger partial charge in [-0.25, -0.2) is 8.42 Å². The molecule has 22 heavy (non-hydrogen) atoms. The smallest absolute Gasteiger partial charge is 0.290 e. The molecule has 122 valence electrons. The quantitative estimate of drug-likeness (QED) is 0.648. The fourth-order valence-corrected chi connectivity index (χ4v) is 4.41. The second-order valence-electron chi connectivity index (χ2n) is 5.27. The second kappa shape index (κ2) is 6.91. The van der Waals surface area contributed by atoms with Crippen molar-refractivity contribution in [1.82, 2.24) is 9.62 Å². The summed E-state index contributed by atoms with van der Waals surface area (Å²) in [5.41, 5.74) is -0.482. The summed E-state index contributed by atoms with van der Waals surface area (Å²) in [6.07, 6.45) is 1.48. The van der Waals surface area contributed by atoms with Crippen LogP contribution >= 0.6 is 11.6 Å². The first-order valence-electron chi connectivity index (χ1n) is 6.95. The fraction of sp³-hybridized carbons (Fsp3) is 0.538. The minimum Gasteiger partial charge on any atom is -0.319 e.